The molecule has 1 N–H and O–H groups in total. The van der Waals surface area contributed by atoms with E-state index in [2.05, 4.69) is 20.4 Å². The molecule has 2 heterocycles. The Morgan fingerprint density at radius 3 is 2.94 bits per heavy atom. The van der Waals surface area contributed by atoms with Crippen molar-refractivity contribution in [3.63, 3.8) is 0 Å². The SMILES string of the molecule is CCNCc1cc(Oc2ncn(C)n2)ncc1Cl. The minimum atomic E-state index is 0.265. The standard InChI is InChI=1S/C11H14ClN5O/c1-3-13-5-8-4-10(14-6-9(8)12)18-11-15-7-17(2)16-11/h4,6-7,13H,3,5H2,1-2H3. The van der Waals surface area contributed by atoms with Crippen molar-refractivity contribution in [2.45, 2.75) is 13.5 Å². The van der Waals surface area contributed by atoms with E-state index >= 15 is 0 Å². The molecule has 18 heavy (non-hydrogen) atoms. The number of nitrogens with zero attached hydrogens (tertiary/aromatic N) is 4. The molecule has 0 radical (unpaired) electrons. The molecule has 2 rings (SSSR count). The highest BCUT2D eigenvalue weighted by Crippen LogP contribution is 2.21. The first-order chi connectivity index (χ1) is 8.69. The number of aryl methyl sites for hydroxylation is 1. The Bertz CT molecular complexity index is 528. The maximum absolute atomic E-state index is 6.05. The van der Waals surface area contributed by atoms with Crippen molar-refractivity contribution in [1.29, 1.82) is 0 Å². The zero-order chi connectivity index (χ0) is 13.0. The average molecular weight is 268 g/mol. The topological polar surface area (TPSA) is 64.9 Å². The van der Waals surface area contributed by atoms with Gasteiger partial charge in [0.05, 0.1) is 5.02 Å². The smallest absolute Gasteiger partial charge is 0.342 e. The van der Waals surface area contributed by atoms with Crippen LogP contribution < -0.4 is 10.1 Å². The Labute approximate surface area is 110 Å². The maximum Gasteiger partial charge on any atom is 0.342 e. The van der Waals surface area contributed by atoms with Crippen LogP contribution in [0.2, 0.25) is 5.02 Å². The summed E-state index contributed by atoms with van der Waals surface area (Å²) in [6.45, 7) is 3.57. The first-order valence-electron chi connectivity index (χ1n) is 5.57. The van der Waals surface area contributed by atoms with Crippen LogP contribution in [-0.4, -0.2) is 26.3 Å². The molecule has 0 aliphatic rings. The molecule has 0 aliphatic heterocycles. The first-order valence-corrected chi connectivity index (χ1v) is 5.95. The van der Waals surface area contributed by atoms with Crippen LogP contribution in [0.5, 0.6) is 11.9 Å². The van der Waals surface area contributed by atoms with E-state index in [0.717, 1.165) is 12.1 Å². The van der Waals surface area contributed by atoms with E-state index in [1.165, 1.54) is 0 Å². The van der Waals surface area contributed by atoms with Gasteiger partial charge in [-0.15, -0.1) is 5.10 Å². The molecule has 96 valence electrons. The number of ether oxygens (including phenoxy) is 1. The van der Waals surface area contributed by atoms with Crippen LogP contribution in [0, 0.1) is 0 Å². The minimum absolute atomic E-state index is 0.265. The Morgan fingerprint density at radius 1 is 1.44 bits per heavy atom. The van der Waals surface area contributed by atoms with Crippen LogP contribution in [0.25, 0.3) is 0 Å². The number of nitrogens with one attached hydrogen (secondary N) is 1. The molecule has 2 aromatic heterocycles. The second kappa shape index (κ2) is 5.79. The quantitative estimate of drug-likeness (QED) is 0.894. The summed E-state index contributed by atoms with van der Waals surface area (Å²) in [5, 5.41) is 7.82. The average Bonchev–Trinajstić information content (AvgIpc) is 2.75. The zero-order valence-electron chi connectivity index (χ0n) is 10.2. The van der Waals surface area contributed by atoms with Gasteiger partial charge in [-0.3, -0.25) is 4.68 Å². The van der Waals surface area contributed by atoms with Gasteiger partial charge in [0.1, 0.15) is 6.33 Å². The summed E-state index contributed by atoms with van der Waals surface area (Å²) in [5.74, 6) is 0.429. The molecule has 0 saturated carbocycles. The van der Waals surface area contributed by atoms with E-state index in [4.69, 9.17) is 16.3 Å². The zero-order valence-corrected chi connectivity index (χ0v) is 11.0. The van der Waals surface area contributed by atoms with Gasteiger partial charge in [-0.05, 0) is 12.1 Å². The fourth-order valence-corrected chi connectivity index (χ4v) is 1.54. The lowest BCUT2D eigenvalue weighted by atomic mass is 10.2. The number of hydrogen-bond donors (Lipinski definition) is 1. The highest BCUT2D eigenvalue weighted by Gasteiger charge is 2.07. The lowest BCUT2D eigenvalue weighted by molar-refractivity contribution is 0.421. The number of hydrogen-bond acceptors (Lipinski definition) is 5. The summed E-state index contributed by atoms with van der Waals surface area (Å²) in [7, 11) is 1.77. The van der Waals surface area contributed by atoms with Crippen molar-refractivity contribution in [3.8, 4) is 11.9 Å². The summed E-state index contributed by atoms with van der Waals surface area (Å²) < 4.78 is 6.99. The van der Waals surface area contributed by atoms with Gasteiger partial charge >= 0.3 is 6.01 Å². The fourth-order valence-electron chi connectivity index (χ4n) is 1.37. The summed E-state index contributed by atoms with van der Waals surface area (Å²) in [6, 6.07) is 2.04. The molecule has 0 fully saturated rings. The lowest BCUT2D eigenvalue weighted by Gasteiger charge is -2.06. The summed E-state index contributed by atoms with van der Waals surface area (Å²) in [4.78, 5) is 8.05. The van der Waals surface area contributed by atoms with Crippen molar-refractivity contribution in [1.82, 2.24) is 25.1 Å². The first kappa shape index (κ1) is 12.8. The minimum Gasteiger partial charge on any atom is -0.404 e. The van der Waals surface area contributed by atoms with E-state index < -0.39 is 0 Å². The third-order valence-electron chi connectivity index (χ3n) is 2.25. The maximum atomic E-state index is 6.05. The van der Waals surface area contributed by atoms with Gasteiger partial charge in [0.25, 0.3) is 0 Å². The predicted molar refractivity (Wildman–Crippen MR) is 67.7 cm³/mol. The Morgan fingerprint density at radius 2 is 2.28 bits per heavy atom. The molecule has 0 amide bonds. The highest BCUT2D eigenvalue weighted by molar-refractivity contribution is 6.31. The number of halogens is 1. The van der Waals surface area contributed by atoms with Crippen LogP contribution in [0.3, 0.4) is 0 Å². The molecule has 0 aromatic carbocycles. The summed E-state index contributed by atoms with van der Waals surface area (Å²) in [6.07, 6.45) is 3.12. The van der Waals surface area contributed by atoms with Crippen molar-refractivity contribution >= 4 is 11.6 Å². The molecule has 7 heteroatoms. The van der Waals surface area contributed by atoms with E-state index in [-0.39, 0.29) is 6.01 Å². The molecule has 0 atom stereocenters. The molecule has 2 aromatic rings. The highest BCUT2D eigenvalue weighted by atomic mass is 35.5. The second-order valence-corrected chi connectivity index (χ2v) is 4.10. The molecular weight excluding hydrogens is 254 g/mol. The van der Waals surface area contributed by atoms with E-state index in [1.54, 1.807) is 30.3 Å². The Kier molecular flexibility index (Phi) is 4.11. The number of pyridine rings is 1. The molecule has 0 unspecified atom stereocenters. The van der Waals surface area contributed by atoms with Gasteiger partial charge in [-0.25, -0.2) is 4.98 Å². The van der Waals surface area contributed by atoms with E-state index in [9.17, 15) is 0 Å². The largest absolute Gasteiger partial charge is 0.404 e. The van der Waals surface area contributed by atoms with Crippen LogP contribution in [0.4, 0.5) is 0 Å². The molecular formula is C11H14ClN5O. The Hall–Kier alpha value is -1.66. The second-order valence-electron chi connectivity index (χ2n) is 3.70. The van der Waals surface area contributed by atoms with Crippen LogP contribution in [-0.2, 0) is 13.6 Å². The molecule has 6 nitrogen and oxygen atoms in total. The van der Waals surface area contributed by atoms with E-state index in [0.29, 0.717) is 17.4 Å². The third kappa shape index (κ3) is 3.18. The molecule has 0 saturated heterocycles. The Balaban J connectivity index is 2.13. The monoisotopic (exact) mass is 267 g/mol. The van der Waals surface area contributed by atoms with Gasteiger partial charge in [0, 0.05) is 25.9 Å². The van der Waals surface area contributed by atoms with Gasteiger partial charge in [-0.1, -0.05) is 18.5 Å². The van der Waals surface area contributed by atoms with Gasteiger partial charge in [0.15, 0.2) is 0 Å². The fraction of sp³-hybridized carbons (Fsp3) is 0.364. The van der Waals surface area contributed by atoms with Crippen molar-refractivity contribution < 1.29 is 4.74 Å². The number of rotatable bonds is 5. The van der Waals surface area contributed by atoms with Gasteiger partial charge in [-0.2, -0.15) is 4.98 Å². The van der Waals surface area contributed by atoms with Gasteiger partial charge < -0.3 is 10.1 Å². The van der Waals surface area contributed by atoms with Crippen molar-refractivity contribution in [3.05, 3.63) is 29.2 Å². The molecule has 0 spiro atoms. The van der Waals surface area contributed by atoms with E-state index in [1.807, 2.05) is 6.92 Å². The predicted octanol–water partition coefficient (Wildman–Crippen LogP) is 1.77. The third-order valence-corrected chi connectivity index (χ3v) is 2.59. The van der Waals surface area contributed by atoms with Crippen LogP contribution in [0.15, 0.2) is 18.6 Å². The van der Waals surface area contributed by atoms with Crippen molar-refractivity contribution in [2.75, 3.05) is 6.54 Å². The van der Waals surface area contributed by atoms with Gasteiger partial charge in [0.2, 0.25) is 5.88 Å². The lowest BCUT2D eigenvalue weighted by Crippen LogP contribution is -2.12. The normalized spacial score (nSPS) is 10.6. The summed E-state index contributed by atoms with van der Waals surface area (Å²) in [5.41, 5.74) is 0.930. The van der Waals surface area contributed by atoms with Crippen molar-refractivity contribution in [2.24, 2.45) is 7.05 Å². The summed E-state index contributed by atoms with van der Waals surface area (Å²) >= 11 is 6.05. The van der Waals surface area contributed by atoms with Crippen LogP contribution >= 0.6 is 11.6 Å². The number of aromatic nitrogens is 4. The van der Waals surface area contributed by atoms with Crippen LogP contribution in [0.1, 0.15) is 12.5 Å². The molecule has 0 bridgehead atoms. The molecule has 0 aliphatic carbocycles.